The summed E-state index contributed by atoms with van der Waals surface area (Å²) in [4.78, 5) is 26.4. The Labute approximate surface area is 199 Å². The van der Waals surface area contributed by atoms with Crippen molar-refractivity contribution < 1.29 is 13.2 Å². The first-order chi connectivity index (χ1) is 15.2. The summed E-state index contributed by atoms with van der Waals surface area (Å²) in [6, 6.07) is 21.0. The van der Waals surface area contributed by atoms with Gasteiger partial charge >= 0.3 is 0 Å². The van der Waals surface area contributed by atoms with E-state index in [1.165, 1.54) is 16.7 Å². The normalized spacial score (nSPS) is 11.6. The Morgan fingerprint density at radius 1 is 0.969 bits per heavy atom. The Hall–Kier alpha value is -2.68. The van der Waals surface area contributed by atoms with Gasteiger partial charge in [-0.3, -0.25) is 14.2 Å². The smallest absolute Gasteiger partial charge is 0.259 e. The number of fused-ring (bicyclic) bond motifs is 1. The van der Waals surface area contributed by atoms with Crippen molar-refractivity contribution in [2.24, 2.45) is 0 Å². The van der Waals surface area contributed by atoms with E-state index in [-0.39, 0.29) is 22.7 Å². The molecule has 0 unspecified atom stereocenters. The third-order valence-electron chi connectivity index (χ3n) is 5.19. The Kier molecular flexibility index (Phi) is 6.11. The molecule has 3 aromatic carbocycles. The van der Waals surface area contributed by atoms with Crippen LogP contribution < -0.4 is 5.56 Å². The van der Waals surface area contributed by atoms with Gasteiger partial charge in [-0.25, -0.2) is 8.42 Å². The lowest BCUT2D eigenvalue weighted by molar-refractivity contribution is 0.108. The van der Waals surface area contributed by atoms with Gasteiger partial charge in [0.15, 0.2) is 9.84 Å². The standard InChI is InChI=1S/C24H18BrNO4S2/c1-32(29,30)18-10-7-15(8-11-18)14-26-22(24(28)31)21(16-5-3-2-4-6-16)20-13-17(25)9-12-19(20)23(26)27/h2-13H,14H2,1H3,(H,28,31). The van der Waals surface area contributed by atoms with Crippen molar-refractivity contribution in [1.82, 2.24) is 4.57 Å². The van der Waals surface area contributed by atoms with E-state index in [0.717, 1.165) is 16.3 Å². The van der Waals surface area contributed by atoms with Crippen molar-refractivity contribution in [3.05, 3.63) is 98.9 Å². The highest BCUT2D eigenvalue weighted by Gasteiger charge is 2.22. The molecule has 0 aliphatic carbocycles. The molecule has 0 fully saturated rings. The molecule has 32 heavy (non-hydrogen) atoms. The maximum absolute atomic E-state index is 13.4. The highest BCUT2D eigenvalue weighted by molar-refractivity contribution is 9.10. The minimum Gasteiger partial charge on any atom is -0.299 e. The van der Waals surface area contributed by atoms with E-state index >= 15 is 0 Å². The number of pyridine rings is 1. The van der Waals surface area contributed by atoms with Gasteiger partial charge in [0.05, 0.1) is 11.4 Å². The van der Waals surface area contributed by atoms with Gasteiger partial charge in [0.1, 0.15) is 5.69 Å². The number of rotatable bonds is 5. The van der Waals surface area contributed by atoms with E-state index in [4.69, 9.17) is 0 Å². The third kappa shape index (κ3) is 4.30. The Bertz CT molecular complexity index is 1510. The van der Waals surface area contributed by atoms with Crippen LogP contribution in [0.15, 0.2) is 87.0 Å². The van der Waals surface area contributed by atoms with E-state index in [1.54, 1.807) is 24.3 Å². The molecular weight excluding hydrogens is 510 g/mol. The molecule has 0 saturated carbocycles. The number of carbonyl (C=O) groups is 1. The monoisotopic (exact) mass is 527 g/mol. The van der Waals surface area contributed by atoms with Crippen LogP contribution in [-0.2, 0) is 16.4 Å². The zero-order valence-electron chi connectivity index (χ0n) is 16.9. The maximum Gasteiger partial charge on any atom is 0.259 e. The third-order valence-corrected chi connectivity index (χ3v) is 7.02. The Morgan fingerprint density at radius 2 is 1.62 bits per heavy atom. The molecule has 0 saturated heterocycles. The van der Waals surface area contributed by atoms with Gasteiger partial charge in [0, 0.05) is 21.7 Å². The van der Waals surface area contributed by atoms with Crippen molar-refractivity contribution >= 4 is 54.3 Å². The van der Waals surface area contributed by atoms with Gasteiger partial charge in [0.25, 0.3) is 5.56 Å². The summed E-state index contributed by atoms with van der Waals surface area (Å²) in [5.74, 6) is 0. The number of hydrogen-bond acceptors (Lipinski definition) is 4. The molecule has 1 aromatic heterocycles. The number of halogens is 1. The second-order valence-electron chi connectivity index (χ2n) is 7.39. The van der Waals surface area contributed by atoms with Crippen molar-refractivity contribution in [2.75, 3.05) is 6.26 Å². The molecule has 4 aromatic rings. The number of sulfone groups is 1. The van der Waals surface area contributed by atoms with Crippen LogP contribution >= 0.6 is 28.6 Å². The van der Waals surface area contributed by atoms with E-state index in [1.807, 2.05) is 36.4 Å². The van der Waals surface area contributed by atoms with Crippen molar-refractivity contribution in [2.45, 2.75) is 11.4 Å². The summed E-state index contributed by atoms with van der Waals surface area (Å²) in [5.41, 5.74) is 1.95. The molecule has 0 amide bonds. The number of hydrogen-bond donors (Lipinski definition) is 1. The second-order valence-corrected chi connectivity index (χ2v) is 10.7. The summed E-state index contributed by atoms with van der Waals surface area (Å²) in [6.45, 7) is 0.0936. The highest BCUT2D eigenvalue weighted by atomic mass is 79.9. The SMILES string of the molecule is CS(=O)(=O)c1ccc(Cn2c(C(=O)S)c(-c3ccccc3)c3cc(Br)ccc3c2=O)cc1. The van der Waals surface area contributed by atoms with E-state index in [2.05, 4.69) is 28.6 Å². The minimum absolute atomic E-state index is 0.0936. The Morgan fingerprint density at radius 3 is 2.22 bits per heavy atom. The van der Waals surface area contributed by atoms with Crippen molar-refractivity contribution in [3.8, 4) is 11.1 Å². The van der Waals surface area contributed by atoms with Gasteiger partial charge in [-0.1, -0.05) is 71.0 Å². The number of nitrogens with zero attached hydrogens (tertiary/aromatic N) is 1. The molecule has 8 heteroatoms. The van der Waals surface area contributed by atoms with Crippen molar-refractivity contribution in [1.29, 1.82) is 0 Å². The molecule has 0 atom stereocenters. The van der Waals surface area contributed by atoms with Gasteiger partial charge in [-0.15, -0.1) is 0 Å². The number of thiol groups is 1. The molecule has 0 N–H and O–H groups in total. The number of carbonyl (C=O) groups excluding carboxylic acids is 1. The van der Waals surface area contributed by atoms with E-state index < -0.39 is 15.0 Å². The summed E-state index contributed by atoms with van der Waals surface area (Å²) >= 11 is 7.57. The average molecular weight is 528 g/mol. The van der Waals surface area contributed by atoms with Crippen LogP contribution in [0.25, 0.3) is 21.9 Å². The van der Waals surface area contributed by atoms with E-state index in [0.29, 0.717) is 21.9 Å². The molecule has 162 valence electrons. The van der Waals surface area contributed by atoms with Crippen LogP contribution in [-0.4, -0.2) is 24.4 Å². The lowest BCUT2D eigenvalue weighted by atomic mass is 9.97. The largest absolute Gasteiger partial charge is 0.299 e. The van der Waals surface area contributed by atoms with Crippen LogP contribution in [0.1, 0.15) is 16.1 Å². The zero-order chi connectivity index (χ0) is 23.0. The summed E-state index contributed by atoms with van der Waals surface area (Å²) in [5, 5.41) is 0.588. The number of aromatic nitrogens is 1. The molecule has 1 heterocycles. The first kappa shape index (κ1) is 22.5. The van der Waals surface area contributed by atoms with Gasteiger partial charge < -0.3 is 0 Å². The van der Waals surface area contributed by atoms with Gasteiger partial charge in [-0.05, 0) is 46.8 Å². The fourth-order valence-electron chi connectivity index (χ4n) is 3.71. The average Bonchev–Trinajstić information content (AvgIpc) is 2.75. The molecule has 0 aliphatic heterocycles. The summed E-state index contributed by atoms with van der Waals surface area (Å²) < 4.78 is 25.7. The summed E-state index contributed by atoms with van der Waals surface area (Å²) in [7, 11) is -3.34. The fourth-order valence-corrected chi connectivity index (χ4v) is 4.94. The quantitative estimate of drug-likeness (QED) is 0.372. The predicted molar refractivity (Wildman–Crippen MR) is 133 cm³/mol. The van der Waals surface area contributed by atoms with Crippen LogP contribution in [0.5, 0.6) is 0 Å². The number of benzene rings is 3. The Balaban J connectivity index is 2.02. The molecule has 4 rings (SSSR count). The van der Waals surface area contributed by atoms with Gasteiger partial charge in [-0.2, -0.15) is 0 Å². The molecule has 5 nitrogen and oxygen atoms in total. The van der Waals surface area contributed by atoms with Crippen LogP contribution in [0.4, 0.5) is 0 Å². The first-order valence-corrected chi connectivity index (χ1v) is 12.7. The van der Waals surface area contributed by atoms with Crippen LogP contribution in [0, 0.1) is 0 Å². The lowest BCUT2D eigenvalue weighted by Gasteiger charge is -2.18. The minimum atomic E-state index is -3.34. The fraction of sp³-hybridized carbons (Fsp3) is 0.0833. The molecule has 0 bridgehead atoms. The lowest BCUT2D eigenvalue weighted by Crippen LogP contribution is -2.27. The molecule has 0 spiro atoms. The van der Waals surface area contributed by atoms with E-state index in [9.17, 15) is 18.0 Å². The van der Waals surface area contributed by atoms with Crippen molar-refractivity contribution in [3.63, 3.8) is 0 Å². The molecule has 0 aliphatic rings. The zero-order valence-corrected chi connectivity index (χ0v) is 20.2. The summed E-state index contributed by atoms with van der Waals surface area (Å²) in [6.07, 6.45) is 1.14. The highest BCUT2D eigenvalue weighted by Crippen LogP contribution is 2.33. The van der Waals surface area contributed by atoms with Crippen LogP contribution in [0.2, 0.25) is 0 Å². The first-order valence-electron chi connectivity index (χ1n) is 9.60. The predicted octanol–water partition coefficient (Wildman–Crippen LogP) is 4.95. The molecular formula is C24H18BrNO4S2. The maximum atomic E-state index is 13.4. The van der Waals surface area contributed by atoms with Gasteiger partial charge in [0.2, 0.25) is 5.12 Å². The van der Waals surface area contributed by atoms with Crippen LogP contribution in [0.3, 0.4) is 0 Å². The topological polar surface area (TPSA) is 73.2 Å². The second kappa shape index (κ2) is 8.69. The molecule has 0 radical (unpaired) electrons.